The van der Waals surface area contributed by atoms with Crippen molar-refractivity contribution in [3.05, 3.63) is 24.3 Å². The van der Waals surface area contributed by atoms with Crippen molar-refractivity contribution in [2.24, 2.45) is 17.8 Å². The van der Waals surface area contributed by atoms with Crippen molar-refractivity contribution >= 4 is 35.2 Å². The number of hydrogen-bond acceptors (Lipinski definition) is 6. The molecule has 4 rings (SSSR count). The summed E-state index contributed by atoms with van der Waals surface area (Å²) in [5.41, 5.74) is 0.640. The van der Waals surface area contributed by atoms with Crippen molar-refractivity contribution in [2.75, 3.05) is 32.6 Å². The molecule has 0 radical (unpaired) electrons. The van der Waals surface area contributed by atoms with Crippen LogP contribution in [0.4, 0.5) is 5.69 Å². The van der Waals surface area contributed by atoms with Crippen LogP contribution in [0.2, 0.25) is 0 Å². The molecule has 2 bridgehead atoms. The molecule has 6 atom stereocenters. The predicted octanol–water partition coefficient (Wildman–Crippen LogP) is 1.88. The first-order chi connectivity index (χ1) is 15.9. The highest BCUT2D eigenvalue weighted by molar-refractivity contribution is 8.02. The Morgan fingerprint density at radius 1 is 1.21 bits per heavy atom. The van der Waals surface area contributed by atoms with Gasteiger partial charge in [0.1, 0.15) is 11.8 Å². The molecule has 33 heavy (non-hydrogen) atoms. The van der Waals surface area contributed by atoms with Crippen LogP contribution in [0.5, 0.6) is 5.75 Å². The lowest BCUT2D eigenvalue weighted by Crippen LogP contribution is -2.55. The van der Waals surface area contributed by atoms with E-state index in [0.29, 0.717) is 30.8 Å². The zero-order valence-corrected chi connectivity index (χ0v) is 20.2. The maximum Gasteiger partial charge on any atom is 0.248 e. The molecule has 3 aliphatic rings. The maximum atomic E-state index is 13.7. The molecule has 3 heterocycles. The molecule has 0 aliphatic carbocycles. The summed E-state index contributed by atoms with van der Waals surface area (Å²) in [5.74, 6) is -0.504. The number of amides is 3. The fourth-order valence-electron chi connectivity index (χ4n) is 5.98. The van der Waals surface area contributed by atoms with Gasteiger partial charge in [-0.25, -0.2) is 0 Å². The summed E-state index contributed by atoms with van der Waals surface area (Å²) in [7, 11) is 3.19. The van der Waals surface area contributed by atoms with Crippen molar-refractivity contribution < 1.29 is 24.2 Å². The summed E-state index contributed by atoms with van der Waals surface area (Å²) in [6.07, 6.45) is 2.95. The van der Waals surface area contributed by atoms with Crippen LogP contribution < -0.4 is 15.4 Å². The van der Waals surface area contributed by atoms with Crippen LogP contribution in [-0.2, 0) is 14.4 Å². The second-order valence-corrected chi connectivity index (χ2v) is 10.7. The van der Waals surface area contributed by atoms with E-state index in [1.54, 1.807) is 55.1 Å². The van der Waals surface area contributed by atoms with Crippen molar-refractivity contribution in [3.8, 4) is 5.75 Å². The van der Waals surface area contributed by atoms with Crippen molar-refractivity contribution in [1.82, 2.24) is 10.2 Å². The normalized spacial score (nSPS) is 32.1. The van der Waals surface area contributed by atoms with Crippen LogP contribution in [0, 0.1) is 17.8 Å². The number of likely N-dealkylation sites (tertiary alicyclic amines) is 1. The summed E-state index contributed by atoms with van der Waals surface area (Å²) < 4.78 is 4.58. The number of carbonyl (C=O) groups excluding carboxylic acids is 3. The highest BCUT2D eigenvalue weighted by Gasteiger charge is 2.75. The van der Waals surface area contributed by atoms with E-state index in [0.717, 1.165) is 12.8 Å². The van der Waals surface area contributed by atoms with Gasteiger partial charge < -0.3 is 25.4 Å². The van der Waals surface area contributed by atoms with Gasteiger partial charge in [0.25, 0.3) is 0 Å². The number of rotatable bonds is 9. The van der Waals surface area contributed by atoms with Crippen molar-refractivity contribution in [3.63, 3.8) is 0 Å². The lowest BCUT2D eigenvalue weighted by atomic mass is 9.66. The van der Waals surface area contributed by atoms with Gasteiger partial charge in [0.2, 0.25) is 17.7 Å². The third-order valence-corrected chi connectivity index (χ3v) is 9.53. The standard InChI is InChI=1S/C24H33N3O5S/c1-14-13-17-18(21(29)25-2)19-23(31)27(11-5-4-6-12-28)20(24(14,19)33-17)22(30)26-15-7-9-16(32-3)10-8-15/h7-10,14,17-20,28H,4-6,11-13H2,1-3H3,(H,25,29)(H,26,30)/t14?,17-,18+,19-,20?,24?/m0/s1. The van der Waals surface area contributed by atoms with E-state index in [1.807, 2.05) is 0 Å². The van der Waals surface area contributed by atoms with E-state index in [1.165, 1.54) is 0 Å². The number of methoxy groups -OCH3 is 1. The van der Waals surface area contributed by atoms with Crippen molar-refractivity contribution in [1.29, 1.82) is 0 Å². The number of aliphatic hydroxyl groups is 1. The highest BCUT2D eigenvalue weighted by Crippen LogP contribution is 2.68. The fourth-order valence-corrected chi connectivity index (χ4v) is 8.40. The lowest BCUT2D eigenvalue weighted by Gasteiger charge is -2.38. The summed E-state index contributed by atoms with van der Waals surface area (Å²) >= 11 is 1.67. The van der Waals surface area contributed by atoms with Gasteiger partial charge in [0, 0.05) is 31.1 Å². The molecule has 3 fully saturated rings. The predicted molar refractivity (Wildman–Crippen MR) is 127 cm³/mol. The Hall–Kier alpha value is -2.26. The summed E-state index contributed by atoms with van der Waals surface area (Å²) in [4.78, 5) is 42.0. The van der Waals surface area contributed by atoms with E-state index < -0.39 is 22.6 Å². The van der Waals surface area contributed by atoms with Crippen LogP contribution >= 0.6 is 11.8 Å². The van der Waals surface area contributed by atoms with E-state index in [4.69, 9.17) is 9.84 Å². The van der Waals surface area contributed by atoms with Crippen LogP contribution in [0.25, 0.3) is 0 Å². The molecule has 3 N–H and O–H groups in total. The summed E-state index contributed by atoms with van der Waals surface area (Å²) in [5, 5.41) is 14.9. The van der Waals surface area contributed by atoms with Gasteiger partial charge in [-0.15, -0.1) is 11.8 Å². The minimum atomic E-state index is -0.647. The molecule has 1 spiro atoms. The third-order valence-electron chi connectivity index (χ3n) is 7.46. The minimum Gasteiger partial charge on any atom is -0.497 e. The Morgan fingerprint density at radius 3 is 2.58 bits per heavy atom. The van der Waals surface area contributed by atoms with Gasteiger partial charge >= 0.3 is 0 Å². The molecule has 3 amide bonds. The first-order valence-electron chi connectivity index (χ1n) is 11.6. The fraction of sp³-hybridized carbons (Fsp3) is 0.625. The smallest absolute Gasteiger partial charge is 0.248 e. The van der Waals surface area contributed by atoms with Gasteiger partial charge in [-0.05, 0) is 55.9 Å². The number of anilines is 1. The average Bonchev–Trinajstić information content (AvgIpc) is 3.40. The average molecular weight is 476 g/mol. The Labute approximate surface area is 198 Å². The van der Waals surface area contributed by atoms with E-state index in [9.17, 15) is 14.4 Å². The molecular formula is C24H33N3O5S. The van der Waals surface area contributed by atoms with Gasteiger partial charge in [-0.1, -0.05) is 6.92 Å². The number of thioether (sulfide) groups is 1. The van der Waals surface area contributed by atoms with Crippen LogP contribution in [-0.4, -0.2) is 71.1 Å². The number of aliphatic hydroxyl groups excluding tert-OH is 1. The van der Waals surface area contributed by atoms with E-state index in [-0.39, 0.29) is 35.5 Å². The number of unbranched alkanes of at least 4 members (excludes halogenated alkanes) is 2. The minimum absolute atomic E-state index is 0.0433. The number of fused-ring (bicyclic) bond motifs is 1. The molecule has 3 saturated heterocycles. The molecule has 9 heteroatoms. The van der Waals surface area contributed by atoms with Crippen LogP contribution in [0.15, 0.2) is 24.3 Å². The largest absolute Gasteiger partial charge is 0.497 e. The molecule has 3 unspecified atom stereocenters. The Morgan fingerprint density at radius 2 is 1.94 bits per heavy atom. The lowest BCUT2D eigenvalue weighted by molar-refractivity contribution is -0.139. The first kappa shape index (κ1) is 23.9. The SMILES string of the molecule is CNC(=O)[C@@H]1[C@@H]2CC(C)C3(S2)C(C(=O)Nc2ccc(OC)cc2)N(CCCCCO)C(=O)[C@H]13. The molecule has 0 saturated carbocycles. The first-order valence-corrected chi connectivity index (χ1v) is 12.5. The van der Waals surface area contributed by atoms with Gasteiger partial charge in [-0.3, -0.25) is 14.4 Å². The number of benzene rings is 1. The van der Waals surface area contributed by atoms with E-state index >= 15 is 0 Å². The molecule has 0 aromatic heterocycles. The molecular weight excluding hydrogens is 442 g/mol. The number of carbonyl (C=O) groups is 3. The zero-order valence-electron chi connectivity index (χ0n) is 19.4. The Balaban J connectivity index is 1.66. The molecule has 8 nitrogen and oxygen atoms in total. The summed E-state index contributed by atoms with van der Waals surface area (Å²) in [6.45, 7) is 2.65. The topological polar surface area (TPSA) is 108 Å². The second kappa shape index (κ2) is 9.54. The molecule has 3 aliphatic heterocycles. The number of ether oxygens (including phenoxy) is 1. The zero-order chi connectivity index (χ0) is 23.8. The number of nitrogens with one attached hydrogen (secondary N) is 2. The van der Waals surface area contributed by atoms with Crippen LogP contribution in [0.1, 0.15) is 32.6 Å². The van der Waals surface area contributed by atoms with Gasteiger partial charge in [0.05, 0.1) is 23.7 Å². The molecule has 180 valence electrons. The van der Waals surface area contributed by atoms with Gasteiger partial charge in [-0.2, -0.15) is 0 Å². The maximum absolute atomic E-state index is 13.7. The van der Waals surface area contributed by atoms with Gasteiger partial charge in [0.15, 0.2) is 0 Å². The monoisotopic (exact) mass is 475 g/mol. The molecule has 1 aromatic rings. The van der Waals surface area contributed by atoms with Crippen LogP contribution in [0.3, 0.4) is 0 Å². The Kier molecular flexibility index (Phi) is 6.91. The number of hydrogen-bond donors (Lipinski definition) is 3. The number of nitrogens with zero attached hydrogens (tertiary/aromatic N) is 1. The highest BCUT2D eigenvalue weighted by atomic mass is 32.2. The quantitative estimate of drug-likeness (QED) is 0.471. The molecule has 1 aromatic carbocycles. The van der Waals surface area contributed by atoms with E-state index in [2.05, 4.69) is 17.6 Å². The third kappa shape index (κ3) is 3.89. The van der Waals surface area contributed by atoms with Crippen molar-refractivity contribution in [2.45, 2.75) is 48.6 Å². The summed E-state index contributed by atoms with van der Waals surface area (Å²) in [6, 6.07) is 6.48. The second-order valence-electron chi connectivity index (χ2n) is 9.20. The Bertz CT molecular complexity index is 910.